The van der Waals surface area contributed by atoms with Crippen LogP contribution < -0.4 is 0 Å². The lowest BCUT2D eigenvalue weighted by Crippen LogP contribution is -2.40. The lowest BCUT2D eigenvalue weighted by molar-refractivity contribution is -0.281. The molecule has 0 spiro atoms. The monoisotopic (exact) mass is 316 g/mol. The van der Waals surface area contributed by atoms with E-state index >= 15 is 0 Å². The third-order valence-electron chi connectivity index (χ3n) is 2.40. The van der Waals surface area contributed by atoms with E-state index in [4.69, 9.17) is 0 Å². The maximum absolute atomic E-state index is 13.1. The number of alkyl halides is 6. The largest absolute Gasteiger partial charge is 0.454 e. The van der Waals surface area contributed by atoms with Gasteiger partial charge in [-0.2, -0.15) is 22.0 Å². The zero-order valence-electron chi connectivity index (χ0n) is 9.08. The molecule has 0 amide bonds. The predicted molar refractivity (Wildman–Crippen MR) is 58.6 cm³/mol. The van der Waals surface area contributed by atoms with Crippen molar-refractivity contribution in [1.82, 2.24) is 0 Å². The van der Waals surface area contributed by atoms with Crippen LogP contribution in [0, 0.1) is 13.8 Å². The molecular formula is C11H10BrF5. The molecule has 96 valence electrons. The van der Waals surface area contributed by atoms with E-state index in [0.29, 0.717) is 11.1 Å². The molecule has 0 aliphatic carbocycles. The Morgan fingerprint density at radius 1 is 1.06 bits per heavy atom. The number of halogens is 6. The molecule has 0 fully saturated rings. The SMILES string of the molecule is Cc1ccc(C)c(C(Br)C(F)(F)C(F)(F)F)c1. The highest BCUT2D eigenvalue weighted by atomic mass is 79.9. The lowest BCUT2D eigenvalue weighted by Gasteiger charge is -2.26. The van der Waals surface area contributed by atoms with Crippen molar-refractivity contribution in [3.8, 4) is 0 Å². The van der Waals surface area contributed by atoms with Crippen molar-refractivity contribution in [1.29, 1.82) is 0 Å². The maximum Gasteiger partial charge on any atom is 0.454 e. The van der Waals surface area contributed by atoms with Crippen LogP contribution >= 0.6 is 15.9 Å². The van der Waals surface area contributed by atoms with Crippen molar-refractivity contribution in [3.63, 3.8) is 0 Å². The van der Waals surface area contributed by atoms with Gasteiger partial charge in [0.1, 0.15) is 4.83 Å². The number of hydrogen-bond donors (Lipinski definition) is 0. The van der Waals surface area contributed by atoms with Crippen molar-refractivity contribution in [2.75, 3.05) is 0 Å². The highest BCUT2D eigenvalue weighted by Crippen LogP contribution is 2.49. The Kier molecular flexibility index (Phi) is 3.86. The Labute approximate surface area is 104 Å². The van der Waals surface area contributed by atoms with Gasteiger partial charge < -0.3 is 0 Å². The van der Waals surface area contributed by atoms with Crippen LogP contribution in [0.25, 0.3) is 0 Å². The van der Waals surface area contributed by atoms with Crippen LogP contribution in [-0.2, 0) is 0 Å². The van der Waals surface area contributed by atoms with Crippen molar-refractivity contribution in [2.45, 2.75) is 30.8 Å². The van der Waals surface area contributed by atoms with E-state index in [-0.39, 0.29) is 5.56 Å². The van der Waals surface area contributed by atoms with E-state index < -0.39 is 16.9 Å². The first-order valence-electron chi connectivity index (χ1n) is 4.73. The molecule has 1 aromatic rings. The zero-order chi connectivity index (χ0) is 13.4. The fourth-order valence-corrected chi connectivity index (χ4v) is 2.12. The van der Waals surface area contributed by atoms with Crippen LogP contribution in [0.4, 0.5) is 22.0 Å². The van der Waals surface area contributed by atoms with Crippen molar-refractivity contribution < 1.29 is 22.0 Å². The Balaban J connectivity index is 3.21. The minimum Gasteiger partial charge on any atom is -0.195 e. The Hall–Kier alpha value is -0.650. The van der Waals surface area contributed by atoms with Crippen LogP contribution in [0.5, 0.6) is 0 Å². The maximum atomic E-state index is 13.1. The third kappa shape index (κ3) is 2.78. The second kappa shape index (κ2) is 4.55. The standard InChI is InChI=1S/C11H10BrF5/c1-6-3-4-7(2)8(5-6)9(12)10(13,14)11(15,16)17/h3-5,9H,1-2H3. The lowest BCUT2D eigenvalue weighted by atomic mass is 9.99. The molecule has 0 radical (unpaired) electrons. The molecule has 0 aromatic heterocycles. The van der Waals surface area contributed by atoms with Crippen LogP contribution in [0.3, 0.4) is 0 Å². The van der Waals surface area contributed by atoms with Gasteiger partial charge in [-0.25, -0.2) is 0 Å². The fourth-order valence-electron chi connectivity index (χ4n) is 1.37. The summed E-state index contributed by atoms with van der Waals surface area (Å²) >= 11 is 2.46. The summed E-state index contributed by atoms with van der Waals surface area (Å²) in [7, 11) is 0. The predicted octanol–water partition coefficient (Wildman–Crippen LogP) is 4.94. The summed E-state index contributed by atoms with van der Waals surface area (Å²) in [6, 6.07) is 4.50. The molecule has 1 unspecified atom stereocenters. The van der Waals surface area contributed by atoms with Gasteiger partial charge in [-0.1, -0.05) is 39.7 Å². The van der Waals surface area contributed by atoms with E-state index in [1.165, 1.54) is 19.1 Å². The van der Waals surface area contributed by atoms with Gasteiger partial charge in [0.05, 0.1) is 0 Å². The summed E-state index contributed by atoms with van der Waals surface area (Å²) < 4.78 is 63.0. The third-order valence-corrected chi connectivity index (χ3v) is 3.47. The average Bonchev–Trinajstić information content (AvgIpc) is 2.19. The molecule has 0 bridgehead atoms. The van der Waals surface area contributed by atoms with E-state index in [2.05, 4.69) is 15.9 Å². The van der Waals surface area contributed by atoms with Crippen LogP contribution in [0.15, 0.2) is 18.2 Å². The van der Waals surface area contributed by atoms with Gasteiger partial charge in [0, 0.05) is 0 Å². The van der Waals surface area contributed by atoms with E-state index in [9.17, 15) is 22.0 Å². The Morgan fingerprint density at radius 3 is 2.06 bits per heavy atom. The first kappa shape index (κ1) is 14.4. The van der Waals surface area contributed by atoms with Crippen molar-refractivity contribution in [3.05, 3.63) is 34.9 Å². The first-order valence-corrected chi connectivity index (χ1v) is 5.64. The molecule has 1 rings (SSSR count). The molecule has 17 heavy (non-hydrogen) atoms. The molecule has 0 saturated heterocycles. The van der Waals surface area contributed by atoms with Crippen molar-refractivity contribution >= 4 is 15.9 Å². The molecule has 0 saturated carbocycles. The smallest absolute Gasteiger partial charge is 0.195 e. The van der Waals surface area contributed by atoms with Crippen LogP contribution in [0.1, 0.15) is 21.5 Å². The molecule has 1 atom stereocenters. The molecular weight excluding hydrogens is 307 g/mol. The van der Waals surface area contributed by atoms with Crippen LogP contribution in [-0.4, -0.2) is 12.1 Å². The summed E-state index contributed by atoms with van der Waals surface area (Å²) in [6.07, 6.45) is -5.57. The molecule has 6 heteroatoms. The average molecular weight is 317 g/mol. The van der Waals surface area contributed by atoms with Crippen molar-refractivity contribution in [2.24, 2.45) is 0 Å². The summed E-state index contributed by atoms with van der Waals surface area (Å²) in [5.74, 6) is -4.80. The number of aryl methyl sites for hydroxylation is 2. The summed E-state index contributed by atoms with van der Waals surface area (Å²) in [6.45, 7) is 3.13. The molecule has 0 aliphatic rings. The van der Waals surface area contributed by atoms with Gasteiger partial charge in [-0.3, -0.25) is 0 Å². The summed E-state index contributed by atoms with van der Waals surface area (Å²) in [4.78, 5) is -2.07. The topological polar surface area (TPSA) is 0 Å². The summed E-state index contributed by atoms with van der Waals surface area (Å²) in [5.41, 5.74) is 0.974. The van der Waals surface area contributed by atoms with Gasteiger partial charge in [-0.05, 0) is 25.0 Å². The quantitative estimate of drug-likeness (QED) is 0.535. The highest BCUT2D eigenvalue weighted by Gasteiger charge is 2.62. The van der Waals surface area contributed by atoms with E-state index in [1.807, 2.05) is 0 Å². The zero-order valence-corrected chi connectivity index (χ0v) is 10.7. The second-order valence-electron chi connectivity index (χ2n) is 3.84. The molecule has 1 aromatic carbocycles. The van der Waals surface area contributed by atoms with Gasteiger partial charge in [0.2, 0.25) is 0 Å². The first-order chi connectivity index (χ1) is 7.57. The van der Waals surface area contributed by atoms with Crippen LogP contribution in [0.2, 0.25) is 0 Å². The Bertz CT molecular complexity index is 411. The minimum atomic E-state index is -5.57. The molecule has 0 N–H and O–H groups in total. The van der Waals surface area contributed by atoms with Gasteiger partial charge >= 0.3 is 12.1 Å². The highest BCUT2D eigenvalue weighted by molar-refractivity contribution is 9.09. The van der Waals surface area contributed by atoms with Gasteiger partial charge in [0.25, 0.3) is 0 Å². The van der Waals surface area contributed by atoms with Gasteiger partial charge in [0.15, 0.2) is 0 Å². The molecule has 0 aliphatic heterocycles. The second-order valence-corrected chi connectivity index (χ2v) is 4.76. The number of benzene rings is 1. The normalized spacial score (nSPS) is 14.8. The number of rotatable bonds is 2. The minimum absolute atomic E-state index is 0.0488. The Morgan fingerprint density at radius 2 is 1.59 bits per heavy atom. The fraction of sp³-hybridized carbons (Fsp3) is 0.455. The summed E-state index contributed by atoms with van der Waals surface area (Å²) in [5, 5.41) is 0. The van der Waals surface area contributed by atoms with E-state index in [0.717, 1.165) is 0 Å². The molecule has 0 nitrogen and oxygen atoms in total. The van der Waals surface area contributed by atoms with E-state index in [1.54, 1.807) is 13.0 Å². The number of hydrogen-bond acceptors (Lipinski definition) is 0. The molecule has 0 heterocycles. The van der Waals surface area contributed by atoms with Gasteiger partial charge in [-0.15, -0.1) is 0 Å².